The Labute approximate surface area is 200 Å². The van der Waals surface area contributed by atoms with Gasteiger partial charge in [0.2, 0.25) is 0 Å². The van der Waals surface area contributed by atoms with E-state index in [1.165, 1.54) is 6.42 Å². The quantitative estimate of drug-likeness (QED) is 0.437. The van der Waals surface area contributed by atoms with Crippen molar-refractivity contribution in [3.05, 3.63) is 47.5 Å². The Hall–Kier alpha value is -3.10. The van der Waals surface area contributed by atoms with Crippen LogP contribution in [0.15, 0.2) is 36.4 Å². The van der Waals surface area contributed by atoms with Crippen molar-refractivity contribution in [2.45, 2.75) is 58.0 Å². The number of fused-ring (bicyclic) bond motifs is 2. The third kappa shape index (κ3) is 5.34. The Morgan fingerprint density at radius 1 is 1.18 bits per heavy atom. The SMILES string of the molecule is CCCN1CCC[C@@H]2Cc3c(ccc(O)c3OC(=O)Nc3ccc(OC(=O)[C@H](C)N)cc3)C[C@H]21. The van der Waals surface area contributed by atoms with Gasteiger partial charge in [0.05, 0.1) is 0 Å². The number of benzene rings is 2. The van der Waals surface area contributed by atoms with Gasteiger partial charge in [-0.15, -0.1) is 0 Å². The summed E-state index contributed by atoms with van der Waals surface area (Å²) in [7, 11) is 0. The first-order chi connectivity index (χ1) is 16.4. The minimum absolute atomic E-state index is 0.0354. The van der Waals surface area contributed by atoms with Crippen molar-refractivity contribution < 1.29 is 24.2 Å². The van der Waals surface area contributed by atoms with Crippen molar-refractivity contribution in [1.82, 2.24) is 4.90 Å². The molecule has 4 N–H and O–H groups in total. The number of piperidine rings is 1. The zero-order valence-corrected chi connectivity index (χ0v) is 19.8. The van der Waals surface area contributed by atoms with Crippen LogP contribution in [0.2, 0.25) is 0 Å². The topological polar surface area (TPSA) is 114 Å². The summed E-state index contributed by atoms with van der Waals surface area (Å²) in [6.45, 7) is 5.99. The predicted molar refractivity (Wildman–Crippen MR) is 129 cm³/mol. The minimum Gasteiger partial charge on any atom is -0.504 e. The van der Waals surface area contributed by atoms with Crippen LogP contribution in [0, 0.1) is 5.92 Å². The molecule has 8 nitrogen and oxygen atoms in total. The van der Waals surface area contributed by atoms with E-state index in [4.69, 9.17) is 15.2 Å². The van der Waals surface area contributed by atoms with Crippen LogP contribution in [-0.2, 0) is 17.6 Å². The van der Waals surface area contributed by atoms with Crippen molar-refractivity contribution in [2.75, 3.05) is 18.4 Å². The fraction of sp³-hybridized carbons (Fsp3) is 0.462. The Morgan fingerprint density at radius 2 is 1.94 bits per heavy atom. The number of nitrogens with zero attached hydrogens (tertiary/aromatic N) is 1. The number of nitrogens with two attached hydrogens (primary N) is 1. The van der Waals surface area contributed by atoms with Gasteiger partial charge in [0, 0.05) is 17.3 Å². The molecular weight excluding hydrogens is 434 g/mol. The number of esters is 1. The lowest BCUT2D eigenvalue weighted by Crippen LogP contribution is -2.49. The number of ether oxygens (including phenoxy) is 2. The maximum absolute atomic E-state index is 12.6. The molecule has 0 saturated carbocycles. The van der Waals surface area contributed by atoms with E-state index in [1.54, 1.807) is 37.3 Å². The fourth-order valence-corrected chi connectivity index (χ4v) is 5.04. The molecule has 1 fully saturated rings. The van der Waals surface area contributed by atoms with Crippen LogP contribution < -0.4 is 20.5 Å². The fourth-order valence-electron chi connectivity index (χ4n) is 5.04. The first-order valence-corrected chi connectivity index (χ1v) is 12.0. The number of carbonyl (C=O) groups is 2. The maximum atomic E-state index is 12.6. The first-order valence-electron chi connectivity index (χ1n) is 12.0. The molecule has 1 aliphatic carbocycles. The number of nitrogens with one attached hydrogen (secondary N) is 1. The summed E-state index contributed by atoms with van der Waals surface area (Å²) in [5, 5.41) is 13.2. The molecule has 1 saturated heterocycles. The predicted octanol–water partition coefficient (Wildman–Crippen LogP) is 3.84. The molecule has 182 valence electrons. The summed E-state index contributed by atoms with van der Waals surface area (Å²) in [5.41, 5.74) is 8.02. The number of rotatable bonds is 6. The molecule has 2 aliphatic rings. The molecule has 0 aromatic heterocycles. The average Bonchev–Trinajstić information content (AvgIpc) is 2.81. The van der Waals surface area contributed by atoms with E-state index in [-0.39, 0.29) is 11.5 Å². The van der Waals surface area contributed by atoms with E-state index in [0.717, 1.165) is 49.9 Å². The van der Waals surface area contributed by atoms with Crippen LogP contribution in [0.25, 0.3) is 0 Å². The van der Waals surface area contributed by atoms with E-state index in [0.29, 0.717) is 23.4 Å². The second kappa shape index (κ2) is 10.4. The van der Waals surface area contributed by atoms with E-state index in [2.05, 4.69) is 17.1 Å². The number of carbonyl (C=O) groups excluding carboxylic acids is 2. The van der Waals surface area contributed by atoms with Gasteiger partial charge in [0.15, 0.2) is 11.5 Å². The van der Waals surface area contributed by atoms with E-state index in [1.807, 2.05) is 6.07 Å². The second-order valence-corrected chi connectivity index (χ2v) is 9.21. The van der Waals surface area contributed by atoms with Gasteiger partial charge in [-0.2, -0.15) is 0 Å². The molecule has 1 amide bonds. The summed E-state index contributed by atoms with van der Waals surface area (Å²) in [4.78, 5) is 26.8. The van der Waals surface area contributed by atoms with Crippen LogP contribution in [0.5, 0.6) is 17.2 Å². The molecule has 3 atom stereocenters. The van der Waals surface area contributed by atoms with Gasteiger partial charge in [-0.05, 0) is 93.9 Å². The van der Waals surface area contributed by atoms with Crippen molar-refractivity contribution in [2.24, 2.45) is 11.7 Å². The van der Waals surface area contributed by atoms with Crippen molar-refractivity contribution in [3.8, 4) is 17.2 Å². The van der Waals surface area contributed by atoms with Gasteiger partial charge in [0.25, 0.3) is 0 Å². The highest BCUT2D eigenvalue weighted by Crippen LogP contribution is 2.42. The maximum Gasteiger partial charge on any atom is 0.417 e. The lowest BCUT2D eigenvalue weighted by atomic mass is 9.75. The normalized spacial score (nSPS) is 20.6. The number of hydrogen-bond acceptors (Lipinski definition) is 7. The zero-order chi connectivity index (χ0) is 24.2. The van der Waals surface area contributed by atoms with Crippen molar-refractivity contribution >= 4 is 17.7 Å². The summed E-state index contributed by atoms with van der Waals surface area (Å²) in [6, 6.07) is 9.65. The Bertz CT molecular complexity index is 1040. The van der Waals surface area contributed by atoms with E-state index >= 15 is 0 Å². The number of phenolic OH excluding ortho intramolecular Hbond substituents is 1. The molecule has 1 aliphatic heterocycles. The third-order valence-corrected chi connectivity index (χ3v) is 6.66. The molecule has 8 heteroatoms. The molecule has 0 bridgehead atoms. The number of likely N-dealkylation sites (tertiary alicyclic amines) is 1. The van der Waals surface area contributed by atoms with E-state index in [9.17, 15) is 14.7 Å². The highest BCUT2D eigenvalue weighted by atomic mass is 16.6. The summed E-state index contributed by atoms with van der Waals surface area (Å²) < 4.78 is 10.7. The monoisotopic (exact) mass is 467 g/mol. The van der Waals surface area contributed by atoms with Crippen molar-refractivity contribution in [1.29, 1.82) is 0 Å². The number of hydrogen-bond donors (Lipinski definition) is 3. The summed E-state index contributed by atoms with van der Waals surface area (Å²) in [5.74, 6) is 0.486. The Kier molecular flexibility index (Phi) is 7.38. The summed E-state index contributed by atoms with van der Waals surface area (Å²) >= 11 is 0. The molecule has 1 heterocycles. The number of aromatic hydroxyl groups is 1. The third-order valence-electron chi connectivity index (χ3n) is 6.66. The molecule has 0 radical (unpaired) electrons. The molecule has 2 aromatic carbocycles. The standard InChI is InChI=1S/C26H33N3O5/c1-3-12-29-13-4-5-18-14-21-17(15-22(18)29)6-11-23(30)24(21)34-26(32)28-19-7-9-20(10-8-19)33-25(31)16(2)27/h6-11,16,18,22,30H,3-5,12-15,27H2,1-2H3,(H,28,32)/t16-,18+,22+/m0/s1. The summed E-state index contributed by atoms with van der Waals surface area (Å²) in [6.07, 6.45) is 4.45. The zero-order valence-electron chi connectivity index (χ0n) is 19.8. The molecule has 34 heavy (non-hydrogen) atoms. The highest BCUT2D eigenvalue weighted by molar-refractivity contribution is 5.87. The molecule has 0 unspecified atom stereocenters. The van der Waals surface area contributed by atoms with E-state index < -0.39 is 18.1 Å². The smallest absolute Gasteiger partial charge is 0.417 e. The van der Waals surface area contributed by atoms with Crippen LogP contribution in [0.4, 0.5) is 10.5 Å². The number of anilines is 1. The van der Waals surface area contributed by atoms with Gasteiger partial charge in [-0.3, -0.25) is 10.2 Å². The molecule has 4 rings (SSSR count). The van der Waals surface area contributed by atoms with Crippen LogP contribution in [0.3, 0.4) is 0 Å². The van der Waals surface area contributed by atoms with Crippen molar-refractivity contribution in [3.63, 3.8) is 0 Å². The minimum atomic E-state index is -0.726. The lowest BCUT2D eigenvalue weighted by molar-refractivity contribution is -0.135. The average molecular weight is 468 g/mol. The second-order valence-electron chi connectivity index (χ2n) is 9.21. The largest absolute Gasteiger partial charge is 0.504 e. The number of amides is 1. The van der Waals surface area contributed by atoms with Crippen LogP contribution >= 0.6 is 0 Å². The lowest BCUT2D eigenvalue weighted by Gasteiger charge is -2.45. The molecule has 2 aromatic rings. The first kappa shape index (κ1) is 24.0. The van der Waals surface area contributed by atoms with Crippen LogP contribution in [-0.4, -0.2) is 47.2 Å². The van der Waals surface area contributed by atoms with Gasteiger partial charge in [-0.25, -0.2) is 9.59 Å². The Morgan fingerprint density at radius 3 is 2.65 bits per heavy atom. The van der Waals surface area contributed by atoms with Gasteiger partial charge < -0.3 is 20.3 Å². The Balaban J connectivity index is 1.45. The van der Waals surface area contributed by atoms with Gasteiger partial charge in [-0.1, -0.05) is 13.0 Å². The van der Waals surface area contributed by atoms with Gasteiger partial charge in [0.1, 0.15) is 11.8 Å². The highest BCUT2D eigenvalue weighted by Gasteiger charge is 2.37. The molecular formula is C26H33N3O5. The van der Waals surface area contributed by atoms with Gasteiger partial charge >= 0.3 is 12.1 Å². The number of phenols is 1. The molecule has 0 spiro atoms. The van der Waals surface area contributed by atoms with Crippen LogP contribution in [0.1, 0.15) is 44.2 Å².